The molecule has 0 bridgehead atoms. The Morgan fingerprint density at radius 3 is 2.68 bits per heavy atom. The molecular formula is C22H24N2O3S. The summed E-state index contributed by atoms with van der Waals surface area (Å²) in [4.78, 5) is 28.0. The molecule has 3 heterocycles. The second-order valence-corrected chi connectivity index (χ2v) is 9.39. The van der Waals surface area contributed by atoms with Gasteiger partial charge in [0.2, 0.25) is 0 Å². The Bertz CT molecular complexity index is 1120. The Labute approximate surface area is 168 Å². The fourth-order valence-electron chi connectivity index (χ4n) is 3.49. The van der Waals surface area contributed by atoms with Gasteiger partial charge in [0.15, 0.2) is 0 Å². The number of carbonyl (C=O) groups is 1. The summed E-state index contributed by atoms with van der Waals surface area (Å²) >= 11 is 1.77. The van der Waals surface area contributed by atoms with Crippen molar-refractivity contribution in [3.8, 4) is 5.69 Å². The van der Waals surface area contributed by atoms with Gasteiger partial charge in [-0.3, -0.25) is 9.36 Å². The number of fused-ring (bicyclic) bond motifs is 3. The number of aromatic nitrogens is 1. The van der Waals surface area contributed by atoms with Crippen molar-refractivity contribution in [2.24, 2.45) is 0 Å². The summed E-state index contributed by atoms with van der Waals surface area (Å²) in [5, 5.41) is 1.11. The molecule has 0 fully saturated rings. The highest BCUT2D eigenvalue weighted by Crippen LogP contribution is 2.36. The van der Waals surface area contributed by atoms with Crippen molar-refractivity contribution in [2.45, 2.75) is 46.3 Å². The molecular weight excluding hydrogens is 372 g/mol. The van der Waals surface area contributed by atoms with E-state index in [-0.39, 0.29) is 11.7 Å². The van der Waals surface area contributed by atoms with Gasteiger partial charge in [-0.15, -0.1) is 11.3 Å². The smallest absolute Gasteiger partial charge is 0.410 e. The molecule has 1 amide bonds. The molecule has 1 aliphatic rings. The molecule has 5 nitrogen and oxygen atoms in total. The summed E-state index contributed by atoms with van der Waals surface area (Å²) in [6, 6.07) is 9.67. The quantitative estimate of drug-likeness (QED) is 0.601. The van der Waals surface area contributed by atoms with Crippen LogP contribution in [0.25, 0.3) is 15.8 Å². The topological polar surface area (TPSA) is 51.5 Å². The van der Waals surface area contributed by atoms with Gasteiger partial charge in [0, 0.05) is 34.1 Å². The van der Waals surface area contributed by atoms with Crippen molar-refractivity contribution in [1.82, 2.24) is 9.47 Å². The first kappa shape index (κ1) is 18.7. The maximum Gasteiger partial charge on any atom is 0.410 e. The zero-order valence-corrected chi connectivity index (χ0v) is 17.4. The average molecular weight is 397 g/mol. The van der Waals surface area contributed by atoms with Crippen LogP contribution in [0.1, 0.15) is 36.8 Å². The van der Waals surface area contributed by atoms with Crippen LogP contribution < -0.4 is 5.56 Å². The zero-order chi connectivity index (χ0) is 20.1. The number of hydrogen-bond acceptors (Lipinski definition) is 4. The van der Waals surface area contributed by atoms with Gasteiger partial charge in [-0.05, 0) is 74.9 Å². The van der Waals surface area contributed by atoms with E-state index in [9.17, 15) is 9.59 Å². The lowest BCUT2D eigenvalue weighted by atomic mass is 10.0. The zero-order valence-electron chi connectivity index (χ0n) is 16.6. The summed E-state index contributed by atoms with van der Waals surface area (Å²) < 4.78 is 8.38. The van der Waals surface area contributed by atoms with Crippen LogP contribution in [-0.2, 0) is 17.7 Å². The fourth-order valence-corrected chi connectivity index (χ4v) is 4.68. The number of carbonyl (C=O) groups excluding carboxylic acids is 1. The van der Waals surface area contributed by atoms with Crippen LogP contribution >= 0.6 is 11.3 Å². The minimum Gasteiger partial charge on any atom is -0.444 e. The monoisotopic (exact) mass is 396 g/mol. The van der Waals surface area contributed by atoms with Crippen LogP contribution in [0, 0.1) is 6.92 Å². The number of aryl methyl sites for hydroxylation is 1. The molecule has 0 saturated heterocycles. The van der Waals surface area contributed by atoms with Crippen molar-refractivity contribution >= 4 is 27.5 Å². The Balaban J connectivity index is 1.71. The predicted molar refractivity (Wildman–Crippen MR) is 113 cm³/mol. The van der Waals surface area contributed by atoms with E-state index in [0.29, 0.717) is 13.1 Å². The molecule has 3 aromatic rings. The third-order valence-electron chi connectivity index (χ3n) is 4.82. The molecule has 0 radical (unpaired) electrons. The van der Waals surface area contributed by atoms with Crippen molar-refractivity contribution in [2.75, 3.05) is 6.54 Å². The predicted octanol–water partition coefficient (Wildman–Crippen LogP) is 4.65. The maximum absolute atomic E-state index is 12.5. The number of pyridine rings is 1. The van der Waals surface area contributed by atoms with Gasteiger partial charge in [-0.25, -0.2) is 4.79 Å². The van der Waals surface area contributed by atoms with Gasteiger partial charge in [-0.1, -0.05) is 0 Å². The molecule has 0 unspecified atom stereocenters. The number of rotatable bonds is 1. The summed E-state index contributed by atoms with van der Waals surface area (Å²) in [6.45, 7) is 8.76. The standard InChI is InChI=1S/C22H24N2O3S/c1-14-7-10-24(20(25)11-14)15-5-6-18-16(12-15)17-13-23(9-8-19(17)28-18)21(26)27-22(2,3)4/h5-7,10-12H,8-9,13H2,1-4H3. The molecule has 2 aromatic heterocycles. The second kappa shape index (κ2) is 6.78. The van der Waals surface area contributed by atoms with Crippen molar-refractivity contribution < 1.29 is 9.53 Å². The lowest BCUT2D eigenvalue weighted by molar-refractivity contribution is 0.0226. The molecule has 146 valence electrons. The highest BCUT2D eigenvalue weighted by atomic mass is 32.1. The first-order chi connectivity index (χ1) is 13.2. The van der Waals surface area contributed by atoms with E-state index in [1.807, 2.05) is 46.0 Å². The molecule has 0 N–H and O–H groups in total. The van der Waals surface area contributed by atoms with Crippen LogP contribution in [0.3, 0.4) is 0 Å². The van der Waals surface area contributed by atoms with Crippen LogP contribution in [0.2, 0.25) is 0 Å². The first-order valence-corrected chi connectivity index (χ1v) is 10.2. The molecule has 0 aliphatic carbocycles. The SMILES string of the molecule is Cc1ccn(-c2ccc3sc4c(c3c2)CN(C(=O)OC(C)(C)C)CC4)c(=O)c1. The van der Waals surface area contributed by atoms with Gasteiger partial charge in [0.1, 0.15) is 5.60 Å². The average Bonchev–Trinajstić information content (AvgIpc) is 2.97. The minimum absolute atomic E-state index is 0.0428. The fraction of sp³-hybridized carbons (Fsp3) is 0.364. The third kappa shape index (κ3) is 3.56. The molecule has 4 rings (SSSR count). The molecule has 1 aromatic carbocycles. The van der Waals surface area contributed by atoms with E-state index < -0.39 is 5.60 Å². The summed E-state index contributed by atoms with van der Waals surface area (Å²) in [5.74, 6) is 0. The number of thiophene rings is 1. The maximum atomic E-state index is 12.5. The normalized spacial score (nSPS) is 14.2. The number of amides is 1. The highest BCUT2D eigenvalue weighted by molar-refractivity contribution is 7.19. The van der Waals surface area contributed by atoms with E-state index in [0.717, 1.165) is 23.1 Å². The van der Waals surface area contributed by atoms with Crippen molar-refractivity contribution in [3.63, 3.8) is 0 Å². The minimum atomic E-state index is -0.506. The molecule has 0 atom stereocenters. The van der Waals surface area contributed by atoms with Gasteiger partial charge in [-0.2, -0.15) is 0 Å². The van der Waals surface area contributed by atoms with Crippen molar-refractivity contribution in [1.29, 1.82) is 0 Å². The van der Waals surface area contributed by atoms with E-state index in [4.69, 9.17) is 4.74 Å². The number of hydrogen-bond donors (Lipinski definition) is 0. The Kier molecular flexibility index (Phi) is 4.54. The third-order valence-corrected chi connectivity index (χ3v) is 6.09. The highest BCUT2D eigenvalue weighted by Gasteiger charge is 2.28. The number of ether oxygens (including phenoxy) is 1. The molecule has 0 spiro atoms. The van der Waals surface area contributed by atoms with Crippen LogP contribution in [-0.4, -0.2) is 27.7 Å². The van der Waals surface area contributed by atoms with Crippen LogP contribution in [0.5, 0.6) is 0 Å². The Morgan fingerprint density at radius 2 is 1.96 bits per heavy atom. The second-order valence-electron chi connectivity index (χ2n) is 8.25. The van der Waals surface area contributed by atoms with Gasteiger partial charge in [0.05, 0.1) is 6.54 Å². The molecule has 28 heavy (non-hydrogen) atoms. The molecule has 1 aliphatic heterocycles. The summed E-state index contributed by atoms with van der Waals surface area (Å²) in [5.41, 5.74) is 2.40. The Hall–Kier alpha value is -2.60. The number of nitrogens with zero attached hydrogens (tertiary/aromatic N) is 2. The van der Waals surface area contributed by atoms with Crippen LogP contribution in [0.4, 0.5) is 4.79 Å². The molecule has 0 saturated carbocycles. The van der Waals surface area contributed by atoms with Gasteiger partial charge >= 0.3 is 6.09 Å². The number of benzene rings is 1. The summed E-state index contributed by atoms with van der Waals surface area (Å²) in [6.07, 6.45) is 2.36. The van der Waals surface area contributed by atoms with Crippen molar-refractivity contribution in [3.05, 3.63) is 62.9 Å². The lowest BCUT2D eigenvalue weighted by Crippen LogP contribution is -2.39. The molecule has 6 heteroatoms. The van der Waals surface area contributed by atoms with Gasteiger partial charge < -0.3 is 9.64 Å². The first-order valence-electron chi connectivity index (χ1n) is 9.43. The largest absolute Gasteiger partial charge is 0.444 e. The van der Waals surface area contributed by atoms with Crippen LogP contribution in [0.15, 0.2) is 41.3 Å². The van der Waals surface area contributed by atoms with E-state index in [2.05, 4.69) is 12.1 Å². The van der Waals surface area contributed by atoms with E-state index in [1.165, 1.54) is 15.1 Å². The van der Waals surface area contributed by atoms with E-state index >= 15 is 0 Å². The Morgan fingerprint density at radius 1 is 1.18 bits per heavy atom. The lowest BCUT2D eigenvalue weighted by Gasteiger charge is -2.30. The van der Waals surface area contributed by atoms with Gasteiger partial charge in [0.25, 0.3) is 5.56 Å². The summed E-state index contributed by atoms with van der Waals surface area (Å²) in [7, 11) is 0. The van der Waals surface area contributed by atoms with E-state index in [1.54, 1.807) is 26.9 Å².